The maximum Gasteiger partial charge on any atom is 0.139 e. The average molecular weight is 288 g/mol. The molecule has 0 aliphatic heterocycles. The van der Waals surface area contributed by atoms with Crippen LogP contribution in [0.5, 0.6) is 11.5 Å². The molecule has 0 atom stereocenters. The van der Waals surface area contributed by atoms with Gasteiger partial charge in [-0.2, -0.15) is 0 Å². The zero-order chi connectivity index (χ0) is 14.2. The van der Waals surface area contributed by atoms with Crippen molar-refractivity contribution in [2.45, 2.75) is 13.0 Å². The summed E-state index contributed by atoms with van der Waals surface area (Å²) in [5.74, 6) is 7.37. The number of rotatable bonds is 4. The first-order chi connectivity index (χ1) is 9.78. The van der Waals surface area contributed by atoms with E-state index in [2.05, 4.69) is 16.8 Å². The van der Waals surface area contributed by atoms with E-state index in [9.17, 15) is 5.11 Å². The molecule has 0 bridgehead atoms. The predicted octanol–water partition coefficient (Wildman–Crippen LogP) is 3.35. The van der Waals surface area contributed by atoms with Crippen molar-refractivity contribution < 1.29 is 9.84 Å². The minimum Gasteiger partial charge on any atom is -0.508 e. The van der Waals surface area contributed by atoms with E-state index in [4.69, 9.17) is 16.3 Å². The summed E-state index contributed by atoms with van der Waals surface area (Å²) in [7, 11) is 0. The van der Waals surface area contributed by atoms with Crippen molar-refractivity contribution in [1.82, 2.24) is 4.98 Å². The first-order valence-corrected chi connectivity index (χ1v) is 6.72. The summed E-state index contributed by atoms with van der Waals surface area (Å²) in [6.45, 7) is 0.417. The van der Waals surface area contributed by atoms with Crippen LogP contribution in [0.25, 0.3) is 0 Å². The number of benzene rings is 1. The first-order valence-electron chi connectivity index (χ1n) is 6.18. The monoisotopic (exact) mass is 287 g/mol. The summed E-state index contributed by atoms with van der Waals surface area (Å²) < 4.78 is 5.64. The van der Waals surface area contributed by atoms with Gasteiger partial charge in [-0.3, -0.25) is 4.98 Å². The fourth-order valence-electron chi connectivity index (χ4n) is 1.54. The van der Waals surface area contributed by atoms with E-state index < -0.39 is 0 Å². The van der Waals surface area contributed by atoms with Crippen LogP contribution in [0.1, 0.15) is 17.5 Å². The van der Waals surface area contributed by atoms with Crippen LogP contribution >= 0.6 is 11.6 Å². The molecule has 1 aromatic heterocycles. The Kier molecular flexibility index (Phi) is 5.28. The number of hydrogen-bond acceptors (Lipinski definition) is 3. The van der Waals surface area contributed by atoms with Gasteiger partial charge < -0.3 is 9.84 Å². The molecular weight excluding hydrogens is 274 g/mol. The lowest BCUT2D eigenvalue weighted by Gasteiger charge is -2.06. The number of phenolic OH excluding ortho intramolecular Hbond substituents is 1. The summed E-state index contributed by atoms with van der Waals surface area (Å²) in [5.41, 5.74) is 1.78. The standard InChI is InChI=1S/C16H14ClNO2/c17-8-2-1-3-14-9-16(11-18-10-14)20-12-13-4-6-15(19)7-5-13/h4-7,9-11,19H,2,8,12H2. The van der Waals surface area contributed by atoms with Crippen LogP contribution in [0.15, 0.2) is 42.7 Å². The highest BCUT2D eigenvalue weighted by Gasteiger charge is 1.98. The maximum absolute atomic E-state index is 9.21. The minimum atomic E-state index is 0.243. The molecule has 0 radical (unpaired) electrons. The molecule has 1 N–H and O–H groups in total. The molecule has 3 nitrogen and oxygen atoms in total. The Balaban J connectivity index is 1.98. The van der Waals surface area contributed by atoms with Gasteiger partial charge in [-0.05, 0) is 23.8 Å². The molecule has 1 heterocycles. The van der Waals surface area contributed by atoms with E-state index in [0.717, 1.165) is 11.1 Å². The number of nitrogens with zero attached hydrogens (tertiary/aromatic N) is 1. The van der Waals surface area contributed by atoms with Crippen LogP contribution in [0.2, 0.25) is 0 Å². The lowest BCUT2D eigenvalue weighted by molar-refractivity contribution is 0.304. The second kappa shape index (κ2) is 7.42. The van der Waals surface area contributed by atoms with Crippen LogP contribution in [0, 0.1) is 11.8 Å². The zero-order valence-corrected chi connectivity index (χ0v) is 11.6. The van der Waals surface area contributed by atoms with E-state index in [0.29, 0.717) is 24.7 Å². The van der Waals surface area contributed by atoms with Crippen LogP contribution in [0.3, 0.4) is 0 Å². The van der Waals surface area contributed by atoms with Gasteiger partial charge in [0.05, 0.1) is 6.20 Å². The minimum absolute atomic E-state index is 0.243. The Labute approximate surface area is 123 Å². The largest absolute Gasteiger partial charge is 0.508 e. The van der Waals surface area contributed by atoms with Crippen molar-refractivity contribution in [3.05, 3.63) is 53.9 Å². The molecule has 0 aliphatic rings. The number of pyridine rings is 1. The number of aromatic nitrogens is 1. The van der Waals surface area contributed by atoms with E-state index in [1.54, 1.807) is 24.5 Å². The molecule has 0 amide bonds. The number of phenols is 1. The van der Waals surface area contributed by atoms with Gasteiger partial charge in [-0.1, -0.05) is 24.0 Å². The molecule has 2 rings (SSSR count). The predicted molar refractivity (Wildman–Crippen MR) is 78.9 cm³/mol. The maximum atomic E-state index is 9.21. The number of aromatic hydroxyl groups is 1. The molecule has 0 saturated carbocycles. The SMILES string of the molecule is Oc1ccc(COc2cncc(C#CCCCl)c2)cc1. The lowest BCUT2D eigenvalue weighted by Crippen LogP contribution is -1.96. The summed E-state index contributed by atoms with van der Waals surface area (Å²) in [6, 6.07) is 8.73. The van der Waals surface area contributed by atoms with Crippen molar-refractivity contribution in [3.8, 4) is 23.3 Å². The van der Waals surface area contributed by atoms with Crippen molar-refractivity contribution in [3.63, 3.8) is 0 Å². The average Bonchev–Trinajstić information content (AvgIpc) is 2.47. The number of ether oxygens (including phenoxy) is 1. The van der Waals surface area contributed by atoms with Crippen LogP contribution in [-0.2, 0) is 6.61 Å². The number of hydrogen-bond donors (Lipinski definition) is 1. The Morgan fingerprint density at radius 1 is 1.20 bits per heavy atom. The molecule has 0 fully saturated rings. The Hall–Kier alpha value is -2.18. The third kappa shape index (κ3) is 4.49. The first kappa shape index (κ1) is 14.2. The van der Waals surface area contributed by atoms with Gasteiger partial charge in [0.2, 0.25) is 0 Å². The number of alkyl halides is 1. The molecule has 20 heavy (non-hydrogen) atoms. The molecule has 0 unspecified atom stereocenters. The molecule has 0 spiro atoms. The summed E-state index contributed by atoms with van der Waals surface area (Å²) in [5, 5.41) is 9.21. The molecule has 102 valence electrons. The van der Waals surface area contributed by atoms with E-state index in [1.165, 1.54) is 0 Å². The van der Waals surface area contributed by atoms with Crippen LogP contribution in [-0.4, -0.2) is 16.0 Å². The van der Waals surface area contributed by atoms with E-state index >= 15 is 0 Å². The number of halogens is 1. The van der Waals surface area contributed by atoms with Gasteiger partial charge >= 0.3 is 0 Å². The van der Waals surface area contributed by atoms with Crippen molar-refractivity contribution in [1.29, 1.82) is 0 Å². The molecular formula is C16H14ClNO2. The summed E-state index contributed by atoms with van der Waals surface area (Å²) in [6.07, 6.45) is 3.99. The Bertz CT molecular complexity index is 614. The molecule has 4 heteroatoms. The van der Waals surface area contributed by atoms with Crippen LogP contribution < -0.4 is 4.74 Å². The highest BCUT2D eigenvalue weighted by Crippen LogP contribution is 2.15. The quantitative estimate of drug-likeness (QED) is 0.693. The fraction of sp³-hybridized carbons (Fsp3) is 0.188. The van der Waals surface area contributed by atoms with E-state index in [1.807, 2.05) is 18.2 Å². The third-order valence-electron chi connectivity index (χ3n) is 2.51. The van der Waals surface area contributed by atoms with Gasteiger partial charge in [0.15, 0.2) is 0 Å². The molecule has 0 aliphatic carbocycles. The smallest absolute Gasteiger partial charge is 0.139 e. The Morgan fingerprint density at radius 3 is 2.75 bits per heavy atom. The van der Waals surface area contributed by atoms with Gasteiger partial charge in [0.25, 0.3) is 0 Å². The normalized spacial score (nSPS) is 9.65. The summed E-state index contributed by atoms with van der Waals surface area (Å²) >= 11 is 5.57. The molecule has 0 saturated heterocycles. The van der Waals surface area contributed by atoms with Gasteiger partial charge in [-0.15, -0.1) is 11.6 Å². The second-order valence-corrected chi connectivity index (χ2v) is 4.48. The highest BCUT2D eigenvalue weighted by atomic mass is 35.5. The van der Waals surface area contributed by atoms with E-state index in [-0.39, 0.29) is 5.75 Å². The lowest BCUT2D eigenvalue weighted by atomic mass is 10.2. The van der Waals surface area contributed by atoms with Crippen LogP contribution in [0.4, 0.5) is 0 Å². The van der Waals surface area contributed by atoms with Gasteiger partial charge in [0, 0.05) is 24.1 Å². The van der Waals surface area contributed by atoms with Gasteiger partial charge in [0.1, 0.15) is 18.1 Å². The third-order valence-corrected chi connectivity index (χ3v) is 2.70. The van der Waals surface area contributed by atoms with Crippen molar-refractivity contribution in [2.75, 3.05) is 5.88 Å². The topological polar surface area (TPSA) is 42.4 Å². The van der Waals surface area contributed by atoms with Gasteiger partial charge in [-0.25, -0.2) is 0 Å². The fourth-order valence-corrected chi connectivity index (χ4v) is 1.63. The zero-order valence-electron chi connectivity index (χ0n) is 10.8. The van der Waals surface area contributed by atoms with Crippen molar-refractivity contribution in [2.24, 2.45) is 0 Å². The summed E-state index contributed by atoms with van der Waals surface area (Å²) in [4.78, 5) is 4.09. The molecule has 1 aromatic carbocycles. The Morgan fingerprint density at radius 2 is 2.00 bits per heavy atom. The second-order valence-electron chi connectivity index (χ2n) is 4.11. The highest BCUT2D eigenvalue weighted by molar-refractivity contribution is 6.18. The molecule has 2 aromatic rings. The van der Waals surface area contributed by atoms with Crippen molar-refractivity contribution >= 4 is 11.6 Å².